The fourth-order valence-corrected chi connectivity index (χ4v) is 2.09. The van der Waals surface area contributed by atoms with E-state index < -0.39 is 0 Å². The van der Waals surface area contributed by atoms with Crippen molar-refractivity contribution >= 4 is 35.7 Å². The maximum absolute atomic E-state index is 5.99. The van der Waals surface area contributed by atoms with E-state index in [1.54, 1.807) is 6.08 Å². The first-order valence-electron chi connectivity index (χ1n) is 5.18. The normalized spacial score (nSPS) is 17.7. The zero-order valence-electron chi connectivity index (χ0n) is 9.01. The summed E-state index contributed by atoms with van der Waals surface area (Å²) in [6.07, 6.45) is 1.81. The molecule has 0 spiro atoms. The largest absolute Gasteiger partial charge is 0.309 e. The fraction of sp³-hybridized carbons (Fsp3) is 0.167. The number of benzene rings is 1. The Bertz CT molecular complexity index is 506. The molecule has 0 saturated heterocycles. The van der Waals surface area contributed by atoms with Crippen LogP contribution in [-0.4, -0.2) is 29.7 Å². The van der Waals surface area contributed by atoms with E-state index >= 15 is 0 Å². The van der Waals surface area contributed by atoms with Gasteiger partial charge in [-0.1, -0.05) is 41.9 Å². The van der Waals surface area contributed by atoms with Gasteiger partial charge in [0.1, 0.15) is 16.8 Å². The number of halogens is 2. The van der Waals surface area contributed by atoms with Crippen LogP contribution in [0.5, 0.6) is 0 Å². The third-order valence-corrected chi connectivity index (χ3v) is 2.82. The van der Waals surface area contributed by atoms with E-state index in [-0.39, 0.29) is 12.4 Å². The molecule has 0 N–H and O–H groups in total. The minimum atomic E-state index is 0. The van der Waals surface area contributed by atoms with Crippen LogP contribution in [0.4, 0.5) is 0 Å². The van der Waals surface area contributed by atoms with Gasteiger partial charge in [-0.15, -0.1) is 12.4 Å². The van der Waals surface area contributed by atoms with E-state index in [0.717, 1.165) is 30.3 Å². The third-order valence-electron chi connectivity index (χ3n) is 2.62. The molecule has 2 aliphatic heterocycles. The average Bonchev–Trinajstić information content (AvgIpc) is 2.77. The molecule has 0 aromatic heterocycles. The highest BCUT2D eigenvalue weighted by Crippen LogP contribution is 2.20. The molecule has 0 atom stereocenters. The summed E-state index contributed by atoms with van der Waals surface area (Å²) in [5, 5.41) is 0.496. The van der Waals surface area contributed by atoms with Gasteiger partial charge in [0.2, 0.25) is 0 Å². The molecule has 3 rings (SSSR count). The van der Waals surface area contributed by atoms with Gasteiger partial charge in [0.15, 0.2) is 0 Å². The van der Waals surface area contributed by atoms with Crippen molar-refractivity contribution in [3.05, 3.63) is 47.1 Å². The van der Waals surface area contributed by atoms with E-state index in [9.17, 15) is 0 Å². The van der Waals surface area contributed by atoms with Crippen molar-refractivity contribution < 1.29 is 0 Å². The van der Waals surface area contributed by atoms with E-state index in [1.807, 2.05) is 30.3 Å². The van der Waals surface area contributed by atoms with Crippen LogP contribution in [0.3, 0.4) is 0 Å². The van der Waals surface area contributed by atoms with Crippen molar-refractivity contribution in [2.75, 3.05) is 13.1 Å². The van der Waals surface area contributed by atoms with E-state index in [1.165, 1.54) is 0 Å². The molecule has 3 nitrogen and oxygen atoms in total. The summed E-state index contributed by atoms with van der Waals surface area (Å²) in [6.45, 7) is 1.69. The Morgan fingerprint density at radius 3 is 2.71 bits per heavy atom. The molecule has 0 fully saturated rings. The lowest BCUT2D eigenvalue weighted by Crippen LogP contribution is -2.36. The lowest BCUT2D eigenvalue weighted by molar-refractivity contribution is 0.664. The highest BCUT2D eigenvalue weighted by molar-refractivity contribution is 6.34. The van der Waals surface area contributed by atoms with Gasteiger partial charge >= 0.3 is 0 Å². The van der Waals surface area contributed by atoms with Crippen LogP contribution in [0.15, 0.2) is 51.5 Å². The predicted octanol–water partition coefficient (Wildman–Crippen LogP) is 2.66. The lowest BCUT2D eigenvalue weighted by atomic mass is 10.2. The molecule has 0 amide bonds. The number of aliphatic imine (C=N–C) groups is 2. The number of fused-ring (bicyclic) bond motifs is 1. The van der Waals surface area contributed by atoms with Crippen LogP contribution in [0, 0.1) is 0 Å². The second-order valence-corrected chi connectivity index (χ2v) is 4.05. The zero-order valence-corrected chi connectivity index (χ0v) is 10.6. The highest BCUT2D eigenvalue weighted by Gasteiger charge is 2.25. The molecule has 17 heavy (non-hydrogen) atoms. The van der Waals surface area contributed by atoms with Crippen LogP contribution < -0.4 is 0 Å². The molecule has 2 aliphatic rings. The monoisotopic (exact) mass is 267 g/mol. The van der Waals surface area contributed by atoms with Crippen molar-refractivity contribution in [2.45, 2.75) is 0 Å². The summed E-state index contributed by atoms with van der Waals surface area (Å²) in [4.78, 5) is 10.9. The van der Waals surface area contributed by atoms with Gasteiger partial charge in [-0.05, 0) is 0 Å². The first-order chi connectivity index (χ1) is 7.84. The molecule has 2 heterocycles. The highest BCUT2D eigenvalue weighted by atomic mass is 35.5. The summed E-state index contributed by atoms with van der Waals surface area (Å²) in [7, 11) is 0. The van der Waals surface area contributed by atoms with E-state index in [4.69, 9.17) is 11.6 Å². The third kappa shape index (κ3) is 2.21. The van der Waals surface area contributed by atoms with Gasteiger partial charge in [0.25, 0.3) is 0 Å². The maximum atomic E-state index is 5.99. The molecule has 0 radical (unpaired) electrons. The summed E-state index contributed by atoms with van der Waals surface area (Å²) < 4.78 is 0. The minimum absolute atomic E-state index is 0. The molecule has 1 aromatic rings. The van der Waals surface area contributed by atoms with Gasteiger partial charge in [0.05, 0.1) is 6.54 Å². The fourth-order valence-electron chi connectivity index (χ4n) is 1.91. The Hall–Kier alpha value is -1.32. The number of hydrogen-bond acceptors (Lipinski definition) is 3. The smallest absolute Gasteiger partial charge is 0.143 e. The van der Waals surface area contributed by atoms with Crippen molar-refractivity contribution in [3.63, 3.8) is 0 Å². The lowest BCUT2D eigenvalue weighted by Gasteiger charge is -2.23. The topological polar surface area (TPSA) is 28.0 Å². The van der Waals surface area contributed by atoms with Crippen molar-refractivity contribution in [2.24, 2.45) is 9.98 Å². The summed E-state index contributed by atoms with van der Waals surface area (Å²) in [5.74, 6) is 1.81. The Kier molecular flexibility index (Phi) is 3.50. The molecular weight excluding hydrogens is 257 g/mol. The minimum Gasteiger partial charge on any atom is -0.309 e. The molecule has 5 heteroatoms. The van der Waals surface area contributed by atoms with Gasteiger partial charge in [-0.2, -0.15) is 0 Å². The second-order valence-electron chi connectivity index (χ2n) is 3.66. The SMILES string of the molecule is Cl.ClC1=CC2=NCCN2C(c2ccccc2)=N1. The number of hydrogen-bond donors (Lipinski definition) is 0. The van der Waals surface area contributed by atoms with Gasteiger partial charge in [-0.25, -0.2) is 4.99 Å². The number of rotatable bonds is 1. The Morgan fingerprint density at radius 1 is 1.18 bits per heavy atom. The first kappa shape index (κ1) is 12.1. The summed E-state index contributed by atoms with van der Waals surface area (Å²) in [5.41, 5.74) is 1.07. The van der Waals surface area contributed by atoms with Crippen molar-refractivity contribution in [1.82, 2.24) is 4.90 Å². The van der Waals surface area contributed by atoms with Crippen LogP contribution in [0.2, 0.25) is 0 Å². The maximum Gasteiger partial charge on any atom is 0.143 e. The Balaban J connectivity index is 0.00000108. The standard InChI is InChI=1S/C12H10ClN3.ClH/c13-10-8-11-14-6-7-16(11)12(15-10)9-4-2-1-3-5-9;/h1-5,8H,6-7H2;1H. The van der Waals surface area contributed by atoms with Gasteiger partial charge in [-0.3, -0.25) is 4.99 Å². The predicted molar refractivity (Wildman–Crippen MR) is 73.2 cm³/mol. The quantitative estimate of drug-likeness (QED) is 0.719. The zero-order chi connectivity index (χ0) is 11.0. The van der Waals surface area contributed by atoms with E-state index in [0.29, 0.717) is 5.16 Å². The van der Waals surface area contributed by atoms with Gasteiger partial charge < -0.3 is 4.90 Å². The second kappa shape index (κ2) is 4.90. The summed E-state index contributed by atoms with van der Waals surface area (Å²) >= 11 is 5.99. The van der Waals surface area contributed by atoms with Gasteiger partial charge in [0, 0.05) is 18.2 Å². The molecule has 0 unspecified atom stereocenters. The number of amidine groups is 2. The number of nitrogens with zero attached hydrogens (tertiary/aromatic N) is 3. The van der Waals surface area contributed by atoms with Crippen LogP contribution >= 0.6 is 24.0 Å². The van der Waals surface area contributed by atoms with Crippen LogP contribution in [-0.2, 0) is 0 Å². The van der Waals surface area contributed by atoms with Crippen molar-refractivity contribution in [3.8, 4) is 0 Å². The summed E-state index contributed by atoms with van der Waals surface area (Å²) in [6, 6.07) is 10.0. The molecule has 1 aromatic carbocycles. The molecule has 0 aliphatic carbocycles. The Morgan fingerprint density at radius 2 is 1.94 bits per heavy atom. The van der Waals surface area contributed by atoms with Crippen LogP contribution in [0.25, 0.3) is 0 Å². The van der Waals surface area contributed by atoms with E-state index in [2.05, 4.69) is 14.9 Å². The molecule has 88 valence electrons. The molecular formula is C12H11Cl2N3. The first-order valence-corrected chi connectivity index (χ1v) is 5.56. The molecule has 0 bridgehead atoms. The molecule has 0 saturated carbocycles. The Labute approximate surface area is 111 Å². The van der Waals surface area contributed by atoms with Crippen LogP contribution in [0.1, 0.15) is 5.56 Å². The average molecular weight is 268 g/mol. The van der Waals surface area contributed by atoms with Crippen molar-refractivity contribution in [1.29, 1.82) is 0 Å².